The molecule has 3 atom stereocenters. The number of rotatable bonds is 7. The number of anilines is 1. The average molecular weight is 412 g/mol. The van der Waals surface area contributed by atoms with Crippen molar-refractivity contribution in [1.29, 1.82) is 0 Å². The summed E-state index contributed by atoms with van der Waals surface area (Å²) in [4.78, 5) is 13.6. The van der Waals surface area contributed by atoms with Crippen molar-refractivity contribution in [3.63, 3.8) is 0 Å². The molecule has 30 heavy (non-hydrogen) atoms. The molecule has 5 heteroatoms. The third kappa shape index (κ3) is 5.83. The number of benzene rings is 2. The van der Waals surface area contributed by atoms with Crippen molar-refractivity contribution in [2.24, 2.45) is 0 Å². The molecule has 1 aliphatic heterocycles. The molecule has 0 radical (unpaired) electrons. The smallest absolute Gasteiger partial charge is 0.187 e. The van der Waals surface area contributed by atoms with Crippen LogP contribution in [0.4, 0.5) is 5.69 Å². The molecule has 1 fully saturated rings. The van der Waals surface area contributed by atoms with Gasteiger partial charge in [0.15, 0.2) is 5.78 Å². The summed E-state index contributed by atoms with van der Waals surface area (Å²) in [5.74, 6) is 0.769. The fraction of sp³-hybridized carbons (Fsp3) is 0.480. The summed E-state index contributed by atoms with van der Waals surface area (Å²) in [7, 11) is 1.64. The minimum absolute atomic E-state index is 0.000210. The molecule has 0 saturated carbocycles. The number of carbonyl (C=O) groups excluding carboxylic acids is 1. The lowest BCUT2D eigenvalue weighted by molar-refractivity contribution is -0.153. The Balaban J connectivity index is 1.92. The van der Waals surface area contributed by atoms with Gasteiger partial charge in [0.05, 0.1) is 18.8 Å². The van der Waals surface area contributed by atoms with E-state index in [9.17, 15) is 4.79 Å². The lowest BCUT2D eigenvalue weighted by Crippen LogP contribution is -2.53. The van der Waals surface area contributed by atoms with Crippen LogP contribution in [0.3, 0.4) is 0 Å². The topological polar surface area (TPSA) is 56.8 Å². The Morgan fingerprint density at radius 1 is 1.10 bits per heavy atom. The Labute approximate surface area is 179 Å². The average Bonchev–Trinajstić information content (AvgIpc) is 2.72. The highest BCUT2D eigenvalue weighted by Crippen LogP contribution is 2.28. The standard InChI is InChI=1S/C25H33NO4/c1-17-8-10-18(11-9-17)23(27)22(26-19-12-14-20(28-5)15-13-19)24-21(7-6-16-29-24)30-25(2,3)4/h8-15,21-22,24,26H,6-7,16H2,1-5H3. The summed E-state index contributed by atoms with van der Waals surface area (Å²) in [6, 6.07) is 14.7. The molecule has 0 spiro atoms. The predicted octanol–water partition coefficient (Wildman–Crippen LogP) is 5.03. The molecule has 2 aromatic rings. The first-order valence-corrected chi connectivity index (χ1v) is 10.6. The molecule has 2 aromatic carbocycles. The van der Waals surface area contributed by atoms with E-state index in [2.05, 4.69) is 5.32 Å². The molecule has 3 rings (SSSR count). The second kappa shape index (κ2) is 9.63. The molecule has 1 heterocycles. The van der Waals surface area contributed by atoms with Crippen molar-refractivity contribution in [2.75, 3.05) is 19.0 Å². The van der Waals surface area contributed by atoms with Crippen molar-refractivity contribution in [2.45, 2.75) is 64.4 Å². The van der Waals surface area contributed by atoms with Crippen LogP contribution >= 0.6 is 0 Å². The van der Waals surface area contributed by atoms with Gasteiger partial charge >= 0.3 is 0 Å². The highest BCUT2D eigenvalue weighted by molar-refractivity contribution is 6.02. The number of nitrogens with one attached hydrogen (secondary N) is 1. The number of ketones is 1. The van der Waals surface area contributed by atoms with Crippen molar-refractivity contribution in [3.05, 3.63) is 59.7 Å². The molecule has 0 aliphatic carbocycles. The van der Waals surface area contributed by atoms with Gasteiger partial charge in [-0.05, 0) is 64.8 Å². The van der Waals surface area contributed by atoms with Gasteiger partial charge in [-0.3, -0.25) is 4.79 Å². The van der Waals surface area contributed by atoms with Crippen LogP contribution in [0.1, 0.15) is 49.5 Å². The minimum Gasteiger partial charge on any atom is -0.497 e. The SMILES string of the molecule is COc1ccc(NC(C(=O)c2ccc(C)cc2)C2OCCCC2OC(C)(C)C)cc1. The maximum atomic E-state index is 13.6. The van der Waals surface area contributed by atoms with Crippen LogP contribution in [0.5, 0.6) is 5.75 Å². The second-order valence-electron chi connectivity index (χ2n) is 8.83. The Morgan fingerprint density at radius 2 is 1.77 bits per heavy atom. The molecule has 1 saturated heterocycles. The van der Waals surface area contributed by atoms with Gasteiger partial charge < -0.3 is 19.5 Å². The zero-order chi connectivity index (χ0) is 21.7. The first-order chi connectivity index (χ1) is 14.3. The normalized spacial score (nSPS) is 20.4. The molecule has 3 unspecified atom stereocenters. The Bertz CT molecular complexity index is 824. The van der Waals surface area contributed by atoms with E-state index in [1.54, 1.807) is 7.11 Å². The Morgan fingerprint density at radius 3 is 2.37 bits per heavy atom. The van der Waals surface area contributed by atoms with Crippen LogP contribution in [0, 0.1) is 6.92 Å². The van der Waals surface area contributed by atoms with E-state index in [0.29, 0.717) is 12.2 Å². The molecule has 162 valence electrons. The number of aryl methyl sites for hydroxylation is 1. The van der Waals surface area contributed by atoms with Crippen molar-refractivity contribution >= 4 is 11.5 Å². The van der Waals surface area contributed by atoms with E-state index in [4.69, 9.17) is 14.2 Å². The summed E-state index contributed by atoms with van der Waals surface area (Å²) >= 11 is 0. The van der Waals surface area contributed by atoms with Gasteiger partial charge in [0, 0.05) is 17.9 Å². The number of ether oxygens (including phenoxy) is 3. The maximum Gasteiger partial charge on any atom is 0.187 e. The molecule has 1 N–H and O–H groups in total. The fourth-order valence-corrected chi connectivity index (χ4v) is 3.73. The van der Waals surface area contributed by atoms with Gasteiger partial charge in [-0.15, -0.1) is 0 Å². The van der Waals surface area contributed by atoms with Crippen LogP contribution in [0.25, 0.3) is 0 Å². The quantitative estimate of drug-likeness (QED) is 0.648. The summed E-state index contributed by atoms with van der Waals surface area (Å²) in [6.07, 6.45) is 1.24. The van der Waals surface area contributed by atoms with Crippen molar-refractivity contribution < 1.29 is 19.0 Å². The molecular formula is C25H33NO4. The van der Waals surface area contributed by atoms with Crippen molar-refractivity contribution in [3.8, 4) is 5.75 Å². The Kier molecular flexibility index (Phi) is 7.16. The van der Waals surface area contributed by atoms with E-state index in [-0.39, 0.29) is 23.6 Å². The fourth-order valence-electron chi connectivity index (χ4n) is 3.73. The summed E-state index contributed by atoms with van der Waals surface area (Å²) in [5.41, 5.74) is 2.30. The van der Waals surface area contributed by atoms with Gasteiger partial charge in [-0.1, -0.05) is 29.8 Å². The molecule has 5 nitrogen and oxygen atoms in total. The number of hydrogen-bond donors (Lipinski definition) is 1. The van der Waals surface area contributed by atoms with E-state index < -0.39 is 6.04 Å². The van der Waals surface area contributed by atoms with Crippen LogP contribution in [-0.4, -0.2) is 43.4 Å². The van der Waals surface area contributed by atoms with Gasteiger partial charge in [-0.2, -0.15) is 0 Å². The molecule has 1 aliphatic rings. The van der Waals surface area contributed by atoms with E-state index in [1.165, 1.54) is 0 Å². The van der Waals surface area contributed by atoms with E-state index in [0.717, 1.165) is 29.8 Å². The summed E-state index contributed by atoms with van der Waals surface area (Å²) < 4.78 is 17.7. The molecule has 0 aromatic heterocycles. The van der Waals surface area contributed by atoms with E-state index >= 15 is 0 Å². The van der Waals surface area contributed by atoms with Crippen molar-refractivity contribution in [1.82, 2.24) is 0 Å². The predicted molar refractivity (Wildman–Crippen MR) is 120 cm³/mol. The van der Waals surface area contributed by atoms with Crippen LogP contribution < -0.4 is 10.1 Å². The summed E-state index contributed by atoms with van der Waals surface area (Å²) in [5, 5.41) is 3.42. The second-order valence-corrected chi connectivity index (χ2v) is 8.83. The van der Waals surface area contributed by atoms with Crippen LogP contribution in [0.2, 0.25) is 0 Å². The third-order valence-electron chi connectivity index (χ3n) is 5.17. The Hall–Kier alpha value is -2.37. The zero-order valence-corrected chi connectivity index (χ0v) is 18.6. The molecular weight excluding hydrogens is 378 g/mol. The number of methoxy groups -OCH3 is 1. The molecule has 0 amide bonds. The van der Waals surface area contributed by atoms with Gasteiger partial charge in [-0.25, -0.2) is 0 Å². The molecule has 0 bridgehead atoms. The maximum absolute atomic E-state index is 13.6. The largest absolute Gasteiger partial charge is 0.497 e. The lowest BCUT2D eigenvalue weighted by Gasteiger charge is -2.40. The minimum atomic E-state index is -0.561. The highest BCUT2D eigenvalue weighted by atomic mass is 16.6. The first-order valence-electron chi connectivity index (χ1n) is 10.6. The van der Waals surface area contributed by atoms with Crippen LogP contribution in [-0.2, 0) is 9.47 Å². The number of carbonyl (C=O) groups is 1. The third-order valence-corrected chi connectivity index (χ3v) is 5.17. The highest BCUT2D eigenvalue weighted by Gasteiger charge is 2.40. The number of Topliss-reactive ketones (excluding diaryl/α,β-unsaturated/α-hetero) is 1. The zero-order valence-electron chi connectivity index (χ0n) is 18.6. The van der Waals surface area contributed by atoms with Gasteiger partial charge in [0.2, 0.25) is 0 Å². The van der Waals surface area contributed by atoms with E-state index in [1.807, 2.05) is 76.2 Å². The van der Waals surface area contributed by atoms with Gasteiger partial charge in [0.25, 0.3) is 0 Å². The van der Waals surface area contributed by atoms with Crippen LogP contribution in [0.15, 0.2) is 48.5 Å². The number of hydrogen-bond acceptors (Lipinski definition) is 5. The van der Waals surface area contributed by atoms with Gasteiger partial charge in [0.1, 0.15) is 17.9 Å². The summed E-state index contributed by atoms with van der Waals surface area (Å²) in [6.45, 7) is 8.74. The first kappa shape index (κ1) is 22.3. The monoisotopic (exact) mass is 411 g/mol. The lowest BCUT2D eigenvalue weighted by atomic mass is 9.91.